The van der Waals surface area contributed by atoms with Gasteiger partial charge in [-0.2, -0.15) is 5.26 Å². The molecule has 0 bridgehead atoms. The average Bonchev–Trinajstić information content (AvgIpc) is 2.26. The normalized spacial score (nSPS) is 12.3. The van der Waals surface area contributed by atoms with E-state index in [-0.39, 0.29) is 0 Å². The van der Waals surface area contributed by atoms with Crippen molar-refractivity contribution < 1.29 is 0 Å². The minimum atomic E-state index is 0.364. The molecule has 0 aromatic carbocycles. The van der Waals surface area contributed by atoms with Gasteiger partial charge in [-0.15, -0.1) is 0 Å². The highest BCUT2D eigenvalue weighted by molar-refractivity contribution is 6.29. The molecular weight excluding hydrogens is 234 g/mol. The molecule has 0 aliphatic carbocycles. The molecule has 0 saturated heterocycles. The van der Waals surface area contributed by atoms with Crippen LogP contribution in [0.25, 0.3) is 0 Å². The van der Waals surface area contributed by atoms with E-state index in [2.05, 4.69) is 36.7 Å². The third kappa shape index (κ3) is 3.90. The highest BCUT2D eigenvalue weighted by Crippen LogP contribution is 2.20. The minimum Gasteiger partial charge on any atom is -0.357 e. The van der Waals surface area contributed by atoms with Gasteiger partial charge >= 0.3 is 0 Å². The number of nitrogens with zero attached hydrogens (tertiary/aromatic N) is 3. The van der Waals surface area contributed by atoms with Gasteiger partial charge in [-0.1, -0.05) is 25.4 Å². The lowest BCUT2D eigenvalue weighted by Gasteiger charge is -2.27. The summed E-state index contributed by atoms with van der Waals surface area (Å²) in [6.07, 6.45) is 1.08. The van der Waals surface area contributed by atoms with Crippen LogP contribution in [0.1, 0.15) is 32.8 Å². The first-order chi connectivity index (χ1) is 7.93. The van der Waals surface area contributed by atoms with E-state index in [1.165, 1.54) is 0 Å². The molecule has 1 unspecified atom stereocenters. The molecule has 0 amide bonds. The van der Waals surface area contributed by atoms with E-state index in [4.69, 9.17) is 16.9 Å². The molecule has 0 saturated carbocycles. The maximum absolute atomic E-state index is 8.90. The topological polar surface area (TPSA) is 39.9 Å². The smallest absolute Gasteiger partial charge is 0.132 e. The van der Waals surface area contributed by atoms with Crippen molar-refractivity contribution in [3.63, 3.8) is 0 Å². The molecule has 0 spiro atoms. The zero-order valence-corrected chi connectivity index (χ0v) is 11.5. The van der Waals surface area contributed by atoms with Gasteiger partial charge in [0.05, 0.1) is 11.6 Å². The van der Waals surface area contributed by atoms with E-state index >= 15 is 0 Å². The van der Waals surface area contributed by atoms with E-state index in [1.807, 2.05) is 7.05 Å². The van der Waals surface area contributed by atoms with Crippen molar-refractivity contribution in [2.24, 2.45) is 5.92 Å². The lowest BCUT2D eigenvalue weighted by Crippen LogP contribution is -2.30. The Labute approximate surface area is 108 Å². The van der Waals surface area contributed by atoms with Crippen LogP contribution in [0, 0.1) is 17.2 Å². The molecule has 1 heterocycles. The van der Waals surface area contributed by atoms with Crippen molar-refractivity contribution in [1.82, 2.24) is 4.98 Å². The van der Waals surface area contributed by atoms with Crippen LogP contribution in [-0.4, -0.2) is 18.1 Å². The van der Waals surface area contributed by atoms with Gasteiger partial charge in [0, 0.05) is 13.1 Å². The second-order valence-corrected chi connectivity index (χ2v) is 5.13. The fourth-order valence-electron chi connectivity index (χ4n) is 1.79. The zero-order chi connectivity index (χ0) is 13.0. The first-order valence-corrected chi connectivity index (χ1v) is 6.12. The number of halogens is 1. The molecule has 0 aliphatic rings. The maximum Gasteiger partial charge on any atom is 0.132 e. The molecule has 3 nitrogen and oxygen atoms in total. The minimum absolute atomic E-state index is 0.364. The third-order valence-electron chi connectivity index (χ3n) is 2.74. The molecule has 1 aromatic heterocycles. The molecule has 1 rings (SSSR count). The lowest BCUT2D eigenvalue weighted by molar-refractivity contribution is 0.502. The van der Waals surface area contributed by atoms with E-state index in [0.717, 1.165) is 12.2 Å². The summed E-state index contributed by atoms with van der Waals surface area (Å²) in [6, 6.07) is 5.80. The molecule has 1 aromatic rings. The molecule has 92 valence electrons. The Morgan fingerprint density at radius 3 is 2.59 bits per heavy atom. The Balaban J connectivity index is 2.92. The molecule has 0 radical (unpaired) electrons. The van der Waals surface area contributed by atoms with Crippen LogP contribution in [0.2, 0.25) is 5.15 Å². The number of nitriles is 1. The highest BCUT2D eigenvalue weighted by Gasteiger charge is 2.14. The van der Waals surface area contributed by atoms with Crippen LogP contribution in [0.5, 0.6) is 0 Å². The van der Waals surface area contributed by atoms with Gasteiger partial charge in [0.2, 0.25) is 0 Å². The number of aromatic nitrogens is 1. The number of hydrogen-bond donors (Lipinski definition) is 0. The van der Waals surface area contributed by atoms with Crippen molar-refractivity contribution in [3.8, 4) is 6.07 Å². The fraction of sp³-hybridized carbons (Fsp3) is 0.538. The summed E-state index contributed by atoms with van der Waals surface area (Å²) in [4.78, 5) is 6.31. The number of hydrogen-bond acceptors (Lipinski definition) is 3. The standard InChI is InChI=1S/C13H18ClN3/c1-9(2)5-10(3)17(4)13-7-11(8-15)6-12(14)16-13/h6-7,9-10H,5H2,1-4H3. The summed E-state index contributed by atoms with van der Waals surface area (Å²) in [5.74, 6) is 1.38. The van der Waals surface area contributed by atoms with Gasteiger partial charge in [-0.05, 0) is 31.4 Å². The molecule has 4 heteroatoms. The quantitative estimate of drug-likeness (QED) is 0.770. The Bertz CT molecular complexity index is 423. The summed E-state index contributed by atoms with van der Waals surface area (Å²) < 4.78 is 0. The molecule has 1 atom stereocenters. The van der Waals surface area contributed by atoms with Crippen LogP contribution in [0.3, 0.4) is 0 Å². The first-order valence-electron chi connectivity index (χ1n) is 5.74. The van der Waals surface area contributed by atoms with E-state index in [1.54, 1.807) is 12.1 Å². The summed E-state index contributed by atoms with van der Waals surface area (Å²) in [6.45, 7) is 6.53. The second-order valence-electron chi connectivity index (χ2n) is 4.74. The summed E-state index contributed by atoms with van der Waals surface area (Å²) in [7, 11) is 1.98. The monoisotopic (exact) mass is 251 g/mol. The van der Waals surface area contributed by atoms with Gasteiger partial charge < -0.3 is 4.90 Å². The van der Waals surface area contributed by atoms with Crippen LogP contribution in [-0.2, 0) is 0 Å². The van der Waals surface area contributed by atoms with Crippen LogP contribution < -0.4 is 4.90 Å². The summed E-state index contributed by atoms with van der Waals surface area (Å²) in [5, 5.41) is 9.26. The number of pyridine rings is 1. The van der Waals surface area contributed by atoms with E-state index in [0.29, 0.717) is 22.7 Å². The van der Waals surface area contributed by atoms with Gasteiger partial charge in [0.15, 0.2) is 0 Å². The predicted molar refractivity (Wildman–Crippen MR) is 71.3 cm³/mol. The molecular formula is C13H18ClN3. The van der Waals surface area contributed by atoms with E-state index in [9.17, 15) is 0 Å². The fourth-order valence-corrected chi connectivity index (χ4v) is 2.00. The SMILES string of the molecule is CC(C)CC(C)N(C)c1cc(C#N)cc(Cl)n1. The van der Waals surface area contributed by atoms with Crippen molar-refractivity contribution >= 4 is 17.4 Å². The number of rotatable bonds is 4. The van der Waals surface area contributed by atoms with Gasteiger partial charge in [0.1, 0.15) is 11.0 Å². The second kappa shape index (κ2) is 5.88. The Morgan fingerprint density at radius 1 is 1.41 bits per heavy atom. The van der Waals surface area contributed by atoms with E-state index < -0.39 is 0 Å². The Hall–Kier alpha value is -1.27. The van der Waals surface area contributed by atoms with Crippen LogP contribution in [0.4, 0.5) is 5.82 Å². The van der Waals surface area contributed by atoms with Crippen molar-refractivity contribution in [1.29, 1.82) is 5.26 Å². The Kier molecular flexibility index (Phi) is 4.77. The molecule has 0 fully saturated rings. The van der Waals surface area contributed by atoms with Gasteiger partial charge in [0.25, 0.3) is 0 Å². The maximum atomic E-state index is 8.90. The van der Waals surface area contributed by atoms with Crippen molar-refractivity contribution in [3.05, 3.63) is 22.8 Å². The number of anilines is 1. The predicted octanol–water partition coefficient (Wildman–Crippen LogP) is 3.48. The van der Waals surface area contributed by atoms with Gasteiger partial charge in [-0.25, -0.2) is 4.98 Å². The highest BCUT2D eigenvalue weighted by atomic mass is 35.5. The van der Waals surface area contributed by atoms with Crippen LogP contribution >= 0.6 is 11.6 Å². The molecule has 0 aliphatic heterocycles. The van der Waals surface area contributed by atoms with Crippen molar-refractivity contribution in [2.75, 3.05) is 11.9 Å². The molecule has 17 heavy (non-hydrogen) atoms. The Morgan fingerprint density at radius 2 is 2.06 bits per heavy atom. The average molecular weight is 252 g/mol. The summed E-state index contributed by atoms with van der Waals surface area (Å²) >= 11 is 5.89. The largest absolute Gasteiger partial charge is 0.357 e. The van der Waals surface area contributed by atoms with Crippen LogP contribution in [0.15, 0.2) is 12.1 Å². The van der Waals surface area contributed by atoms with Gasteiger partial charge in [-0.3, -0.25) is 0 Å². The lowest BCUT2D eigenvalue weighted by atomic mass is 10.0. The first kappa shape index (κ1) is 13.8. The third-order valence-corrected chi connectivity index (χ3v) is 2.94. The zero-order valence-electron chi connectivity index (χ0n) is 10.7. The van der Waals surface area contributed by atoms with Crippen molar-refractivity contribution in [2.45, 2.75) is 33.2 Å². The summed E-state index contributed by atoms with van der Waals surface area (Å²) in [5.41, 5.74) is 0.545. The molecule has 0 N–H and O–H groups in total.